The molecule has 0 spiro atoms. The third-order valence-corrected chi connectivity index (χ3v) is 3.56. The van der Waals surface area contributed by atoms with Crippen LogP contribution < -0.4 is 5.43 Å². The summed E-state index contributed by atoms with van der Waals surface area (Å²) in [4.78, 5) is 24.0. The van der Waals surface area contributed by atoms with E-state index in [2.05, 4.69) is 5.43 Å². The summed E-state index contributed by atoms with van der Waals surface area (Å²) in [6.07, 6.45) is 3.47. The van der Waals surface area contributed by atoms with Crippen LogP contribution in [0, 0.1) is 0 Å². The number of carbonyl (C=O) groups excluding carboxylic acids is 2. The predicted molar refractivity (Wildman–Crippen MR) is 84.3 cm³/mol. The summed E-state index contributed by atoms with van der Waals surface area (Å²) in [7, 11) is 0. The Hall–Kier alpha value is -2.88. The maximum atomic E-state index is 12.1. The number of hydrazine groups is 1. The lowest BCUT2D eigenvalue weighted by molar-refractivity contribution is -0.140. The summed E-state index contributed by atoms with van der Waals surface area (Å²) in [5.74, 6) is -0.406. The third-order valence-electron chi connectivity index (χ3n) is 3.56. The van der Waals surface area contributed by atoms with Gasteiger partial charge in [0.2, 0.25) is 5.91 Å². The normalized spacial score (nSPS) is 14.0. The van der Waals surface area contributed by atoms with Crippen LogP contribution in [0.15, 0.2) is 60.7 Å². The van der Waals surface area contributed by atoms with Crippen molar-refractivity contribution < 1.29 is 9.59 Å². The number of rotatable bonds is 3. The zero-order chi connectivity index (χ0) is 15.4. The number of nitrogens with one attached hydrogen (secondary N) is 1. The smallest absolute Gasteiger partial charge is 0.262 e. The van der Waals surface area contributed by atoms with Gasteiger partial charge in [-0.2, -0.15) is 0 Å². The first-order chi connectivity index (χ1) is 10.7. The van der Waals surface area contributed by atoms with Crippen molar-refractivity contribution in [3.63, 3.8) is 0 Å². The van der Waals surface area contributed by atoms with Gasteiger partial charge in [0.1, 0.15) is 0 Å². The van der Waals surface area contributed by atoms with E-state index in [1.165, 1.54) is 11.1 Å². The topological polar surface area (TPSA) is 49.4 Å². The molecule has 1 aliphatic heterocycles. The Labute approximate surface area is 129 Å². The fraction of sp³-hybridized carbons (Fsp3) is 0.111. The summed E-state index contributed by atoms with van der Waals surface area (Å²) in [6, 6.07) is 17.3. The number of hydrogen-bond donors (Lipinski definition) is 1. The second-order valence-electron chi connectivity index (χ2n) is 5.15. The Balaban J connectivity index is 1.65. The molecular formula is C18H16N2O2. The van der Waals surface area contributed by atoms with Crippen molar-refractivity contribution in [2.24, 2.45) is 0 Å². The quantitative estimate of drug-likeness (QED) is 0.883. The Morgan fingerprint density at radius 2 is 1.68 bits per heavy atom. The Morgan fingerprint density at radius 1 is 1.00 bits per heavy atom. The van der Waals surface area contributed by atoms with E-state index in [1.807, 2.05) is 54.6 Å². The van der Waals surface area contributed by atoms with Gasteiger partial charge in [0, 0.05) is 6.08 Å². The lowest BCUT2D eigenvalue weighted by atomic mass is 10.0. The summed E-state index contributed by atoms with van der Waals surface area (Å²) in [5.41, 5.74) is 5.67. The summed E-state index contributed by atoms with van der Waals surface area (Å²) >= 11 is 0. The second kappa shape index (κ2) is 6.26. The van der Waals surface area contributed by atoms with E-state index < -0.39 is 0 Å². The highest BCUT2D eigenvalue weighted by Crippen LogP contribution is 2.17. The van der Waals surface area contributed by atoms with E-state index in [-0.39, 0.29) is 11.8 Å². The summed E-state index contributed by atoms with van der Waals surface area (Å²) < 4.78 is 0. The molecule has 110 valence electrons. The molecule has 2 amide bonds. The van der Waals surface area contributed by atoms with Crippen LogP contribution in [0.3, 0.4) is 0 Å². The van der Waals surface area contributed by atoms with Crippen molar-refractivity contribution in [3.8, 4) is 0 Å². The first kappa shape index (κ1) is 14.1. The van der Waals surface area contributed by atoms with E-state index in [0.29, 0.717) is 13.0 Å². The molecule has 0 saturated heterocycles. The number of nitrogens with zero attached hydrogens (tertiary/aromatic N) is 1. The molecule has 4 heteroatoms. The molecule has 3 rings (SSSR count). The van der Waals surface area contributed by atoms with Crippen molar-refractivity contribution in [2.75, 3.05) is 0 Å². The first-order valence-electron chi connectivity index (χ1n) is 7.13. The zero-order valence-electron chi connectivity index (χ0n) is 12.0. The highest BCUT2D eigenvalue weighted by Gasteiger charge is 2.23. The van der Waals surface area contributed by atoms with Crippen LogP contribution in [0.2, 0.25) is 0 Å². The average Bonchev–Trinajstić information content (AvgIpc) is 2.55. The lowest BCUT2D eigenvalue weighted by Crippen LogP contribution is -2.48. The van der Waals surface area contributed by atoms with Crippen molar-refractivity contribution in [2.45, 2.75) is 13.0 Å². The van der Waals surface area contributed by atoms with Crippen LogP contribution in [0.5, 0.6) is 0 Å². The Bertz CT molecular complexity index is 723. The molecular weight excluding hydrogens is 276 g/mol. The van der Waals surface area contributed by atoms with Crippen molar-refractivity contribution in [1.82, 2.24) is 10.4 Å². The fourth-order valence-corrected chi connectivity index (χ4v) is 2.41. The van der Waals surface area contributed by atoms with Crippen LogP contribution in [0.4, 0.5) is 0 Å². The van der Waals surface area contributed by atoms with Crippen LogP contribution in [0.25, 0.3) is 6.08 Å². The predicted octanol–water partition coefficient (Wildman–Crippen LogP) is 2.32. The molecule has 0 unspecified atom stereocenters. The molecule has 1 N–H and O–H groups in total. The fourth-order valence-electron chi connectivity index (χ4n) is 2.41. The Morgan fingerprint density at radius 3 is 2.45 bits per heavy atom. The second-order valence-corrected chi connectivity index (χ2v) is 5.15. The van der Waals surface area contributed by atoms with Gasteiger partial charge in [-0.05, 0) is 22.8 Å². The van der Waals surface area contributed by atoms with Gasteiger partial charge >= 0.3 is 0 Å². The van der Waals surface area contributed by atoms with Gasteiger partial charge in [-0.25, -0.2) is 5.01 Å². The molecule has 1 aliphatic rings. The van der Waals surface area contributed by atoms with Crippen molar-refractivity contribution in [3.05, 3.63) is 77.4 Å². The number of hydrogen-bond acceptors (Lipinski definition) is 2. The van der Waals surface area contributed by atoms with Gasteiger partial charge in [0.25, 0.3) is 5.91 Å². The molecule has 0 fully saturated rings. The molecule has 1 heterocycles. The zero-order valence-corrected chi connectivity index (χ0v) is 12.0. The number of amides is 2. The molecule has 2 aromatic carbocycles. The highest BCUT2D eigenvalue weighted by molar-refractivity contribution is 5.93. The van der Waals surface area contributed by atoms with Gasteiger partial charge in [0.15, 0.2) is 0 Å². The third kappa shape index (κ3) is 3.23. The first-order valence-corrected chi connectivity index (χ1v) is 7.13. The van der Waals surface area contributed by atoms with E-state index in [0.717, 1.165) is 16.7 Å². The molecule has 0 bridgehead atoms. The van der Waals surface area contributed by atoms with E-state index >= 15 is 0 Å². The maximum Gasteiger partial charge on any atom is 0.262 e. The Kier molecular flexibility index (Phi) is 4.01. The van der Waals surface area contributed by atoms with Gasteiger partial charge in [-0.3, -0.25) is 15.0 Å². The number of benzene rings is 2. The molecule has 0 aromatic heterocycles. The molecule has 2 aromatic rings. The number of fused-ring (bicyclic) bond motifs is 1. The highest BCUT2D eigenvalue weighted by atomic mass is 16.2. The number of carbonyl (C=O) groups is 2. The molecule has 4 nitrogen and oxygen atoms in total. The van der Waals surface area contributed by atoms with Gasteiger partial charge in [-0.15, -0.1) is 0 Å². The van der Waals surface area contributed by atoms with E-state index in [1.54, 1.807) is 6.08 Å². The van der Waals surface area contributed by atoms with Crippen molar-refractivity contribution >= 4 is 17.9 Å². The molecule has 0 radical (unpaired) electrons. The summed E-state index contributed by atoms with van der Waals surface area (Å²) in [5, 5.41) is 1.38. The minimum Gasteiger partial charge on any atom is -0.273 e. The maximum absolute atomic E-state index is 12.1. The lowest BCUT2D eigenvalue weighted by Gasteiger charge is -2.28. The van der Waals surface area contributed by atoms with E-state index in [9.17, 15) is 9.59 Å². The van der Waals surface area contributed by atoms with Gasteiger partial charge in [0.05, 0.1) is 13.0 Å². The SMILES string of the molecule is O=C(/C=C/c1ccccc1)NN1Cc2ccccc2CC1=O. The monoisotopic (exact) mass is 292 g/mol. The molecule has 22 heavy (non-hydrogen) atoms. The van der Waals surface area contributed by atoms with Gasteiger partial charge in [-0.1, -0.05) is 54.6 Å². The van der Waals surface area contributed by atoms with Crippen LogP contribution in [0.1, 0.15) is 16.7 Å². The largest absolute Gasteiger partial charge is 0.273 e. The summed E-state index contributed by atoms with van der Waals surface area (Å²) in [6.45, 7) is 0.403. The van der Waals surface area contributed by atoms with Crippen LogP contribution in [-0.2, 0) is 22.6 Å². The average molecular weight is 292 g/mol. The van der Waals surface area contributed by atoms with Crippen molar-refractivity contribution in [1.29, 1.82) is 0 Å². The van der Waals surface area contributed by atoms with E-state index in [4.69, 9.17) is 0 Å². The van der Waals surface area contributed by atoms with Crippen LogP contribution in [-0.4, -0.2) is 16.8 Å². The van der Waals surface area contributed by atoms with Crippen LogP contribution >= 0.6 is 0 Å². The minimum absolute atomic E-state index is 0.0971. The minimum atomic E-state index is -0.309. The molecule has 0 saturated carbocycles. The van der Waals surface area contributed by atoms with Gasteiger partial charge < -0.3 is 0 Å². The standard InChI is InChI=1S/C18H16N2O2/c21-17(11-10-14-6-2-1-3-7-14)19-20-13-16-9-5-4-8-15(16)12-18(20)22/h1-11H,12-13H2,(H,19,21)/b11-10+. The molecule has 0 aliphatic carbocycles. The molecule has 0 atom stereocenters.